The molecule has 1 unspecified atom stereocenters. The van der Waals surface area contributed by atoms with Gasteiger partial charge in [0, 0.05) is 11.6 Å². The molecule has 0 aromatic rings. The molecule has 0 spiro atoms. The van der Waals surface area contributed by atoms with Gasteiger partial charge in [0.15, 0.2) is 0 Å². The number of hydrazone groups is 1. The van der Waals surface area contributed by atoms with E-state index in [-0.39, 0.29) is 11.6 Å². The Morgan fingerprint density at radius 2 is 2.00 bits per heavy atom. The molecule has 1 aliphatic heterocycles. The summed E-state index contributed by atoms with van der Waals surface area (Å²) in [6, 6.07) is 0. The van der Waals surface area contributed by atoms with Crippen molar-refractivity contribution in [2.75, 3.05) is 0 Å². The maximum atomic E-state index is 4.22. The largest absolute Gasteiger partial charge is 0.285 e. The molecule has 1 atom stereocenters. The molecule has 1 aliphatic rings. The highest BCUT2D eigenvalue weighted by Gasteiger charge is 2.23. The fourth-order valence-corrected chi connectivity index (χ4v) is 0.722. The van der Waals surface area contributed by atoms with Gasteiger partial charge >= 0.3 is 0 Å². The first-order chi connectivity index (χ1) is 4.61. The van der Waals surface area contributed by atoms with Crippen molar-refractivity contribution in [3.63, 3.8) is 0 Å². The predicted octanol–water partition coefficient (Wildman–Crippen LogP) is 1.02. The van der Waals surface area contributed by atoms with Gasteiger partial charge in [0.05, 0.1) is 6.21 Å². The van der Waals surface area contributed by atoms with Crippen LogP contribution in [0.1, 0.15) is 20.8 Å². The van der Waals surface area contributed by atoms with Gasteiger partial charge in [0.2, 0.25) is 0 Å². The fourth-order valence-electron chi connectivity index (χ4n) is 0.722. The Kier molecular flexibility index (Phi) is 1.74. The molecule has 0 aromatic heterocycles. The molecule has 1 rings (SSSR count). The summed E-state index contributed by atoms with van der Waals surface area (Å²) in [6.07, 6.45) is 3.51. The molecule has 1 N–H and O–H groups in total. The van der Waals surface area contributed by atoms with E-state index in [1.807, 2.05) is 0 Å². The third kappa shape index (κ3) is 1.56. The molecule has 0 saturated carbocycles. The van der Waals surface area contributed by atoms with E-state index in [2.05, 4.69) is 36.3 Å². The molecule has 3 heteroatoms. The highest BCUT2D eigenvalue weighted by atomic mass is 15.4. The van der Waals surface area contributed by atoms with Gasteiger partial charge in [-0.15, -0.1) is 0 Å². The van der Waals surface area contributed by atoms with E-state index >= 15 is 0 Å². The highest BCUT2D eigenvalue weighted by Crippen LogP contribution is 2.20. The number of rotatable bonds is 0. The van der Waals surface area contributed by atoms with Gasteiger partial charge in [0.1, 0.15) is 6.17 Å². The first-order valence-corrected chi connectivity index (χ1v) is 3.41. The molecule has 0 saturated heterocycles. The van der Waals surface area contributed by atoms with Crippen LogP contribution in [0, 0.1) is 5.41 Å². The second-order valence-corrected chi connectivity index (χ2v) is 3.47. The molecule has 0 aromatic carbocycles. The molecule has 0 bridgehead atoms. The Labute approximate surface area is 61.2 Å². The van der Waals surface area contributed by atoms with Gasteiger partial charge in [0.25, 0.3) is 0 Å². The summed E-state index contributed by atoms with van der Waals surface area (Å²) in [5.41, 5.74) is 3.08. The van der Waals surface area contributed by atoms with E-state index in [1.54, 1.807) is 12.4 Å². The molecule has 0 fully saturated rings. The Morgan fingerprint density at radius 3 is 2.30 bits per heavy atom. The molecule has 3 nitrogen and oxygen atoms in total. The summed E-state index contributed by atoms with van der Waals surface area (Å²) in [5.74, 6) is 0. The van der Waals surface area contributed by atoms with E-state index in [0.717, 1.165) is 0 Å². The molecule has 56 valence electrons. The van der Waals surface area contributed by atoms with Crippen molar-refractivity contribution in [3.8, 4) is 0 Å². The van der Waals surface area contributed by atoms with Crippen LogP contribution in [-0.2, 0) is 0 Å². The molecular weight excluding hydrogens is 126 g/mol. The topological polar surface area (TPSA) is 36.8 Å². The maximum Gasteiger partial charge on any atom is 0.138 e. The third-order valence-electron chi connectivity index (χ3n) is 1.39. The summed E-state index contributed by atoms with van der Waals surface area (Å²) in [7, 11) is 0. The zero-order valence-corrected chi connectivity index (χ0v) is 6.63. The van der Waals surface area contributed by atoms with Crippen molar-refractivity contribution in [2.24, 2.45) is 15.5 Å². The zero-order valence-electron chi connectivity index (χ0n) is 6.63. The van der Waals surface area contributed by atoms with Gasteiger partial charge in [-0.25, -0.2) is 0 Å². The van der Waals surface area contributed by atoms with Crippen LogP contribution in [0.25, 0.3) is 0 Å². The van der Waals surface area contributed by atoms with Gasteiger partial charge in [-0.3, -0.25) is 10.4 Å². The monoisotopic (exact) mass is 139 g/mol. The van der Waals surface area contributed by atoms with Gasteiger partial charge in [-0.1, -0.05) is 20.8 Å². The minimum absolute atomic E-state index is 0.123. The summed E-state index contributed by atoms with van der Waals surface area (Å²) < 4.78 is 0. The lowest BCUT2D eigenvalue weighted by molar-refractivity contribution is 0.280. The number of nitrogens with one attached hydrogen (secondary N) is 1. The lowest BCUT2D eigenvalue weighted by Gasteiger charge is -2.27. The average Bonchev–Trinajstić information content (AvgIpc) is 1.88. The SMILES string of the molecule is CC(C)(C)C1N=CC=NN1. The van der Waals surface area contributed by atoms with Crippen LogP contribution in [0.15, 0.2) is 10.1 Å². The smallest absolute Gasteiger partial charge is 0.138 e. The zero-order chi connectivity index (χ0) is 7.61. The Hall–Kier alpha value is -0.860. The van der Waals surface area contributed by atoms with E-state index < -0.39 is 0 Å². The van der Waals surface area contributed by atoms with Crippen molar-refractivity contribution in [1.29, 1.82) is 0 Å². The van der Waals surface area contributed by atoms with E-state index in [0.29, 0.717) is 0 Å². The summed E-state index contributed by atoms with van der Waals surface area (Å²) in [4.78, 5) is 4.22. The van der Waals surface area contributed by atoms with Crippen LogP contribution in [0.4, 0.5) is 0 Å². The lowest BCUT2D eigenvalue weighted by Crippen LogP contribution is -2.37. The van der Waals surface area contributed by atoms with Gasteiger partial charge in [-0.2, -0.15) is 5.10 Å². The number of hydrogen-bond acceptors (Lipinski definition) is 3. The van der Waals surface area contributed by atoms with Crippen molar-refractivity contribution >= 4 is 12.4 Å². The second-order valence-electron chi connectivity index (χ2n) is 3.47. The van der Waals surface area contributed by atoms with E-state index in [4.69, 9.17) is 0 Å². The predicted molar refractivity (Wildman–Crippen MR) is 43.4 cm³/mol. The van der Waals surface area contributed by atoms with Crippen molar-refractivity contribution in [3.05, 3.63) is 0 Å². The third-order valence-corrected chi connectivity index (χ3v) is 1.39. The molecule has 0 radical (unpaired) electrons. The van der Waals surface area contributed by atoms with Crippen LogP contribution in [0.5, 0.6) is 0 Å². The second kappa shape index (κ2) is 2.40. The molecular formula is C7H13N3. The highest BCUT2D eigenvalue weighted by molar-refractivity contribution is 6.16. The normalized spacial score (nSPS) is 24.5. The number of nitrogens with zero attached hydrogens (tertiary/aromatic N) is 2. The van der Waals surface area contributed by atoms with Crippen molar-refractivity contribution in [1.82, 2.24) is 5.43 Å². The standard InChI is InChI=1S/C7H13N3/c1-7(2,3)6-8-4-5-9-10-6/h4-6,10H,1-3H3. The molecule has 0 aliphatic carbocycles. The van der Waals surface area contributed by atoms with Crippen LogP contribution in [-0.4, -0.2) is 18.6 Å². The van der Waals surface area contributed by atoms with Crippen molar-refractivity contribution in [2.45, 2.75) is 26.9 Å². The first kappa shape index (κ1) is 7.25. The quantitative estimate of drug-likeness (QED) is 0.534. The van der Waals surface area contributed by atoms with Crippen LogP contribution < -0.4 is 5.43 Å². The Bertz CT molecular complexity index is 164. The number of hydrogen-bond donors (Lipinski definition) is 1. The van der Waals surface area contributed by atoms with Crippen LogP contribution in [0.2, 0.25) is 0 Å². The molecule has 1 heterocycles. The van der Waals surface area contributed by atoms with E-state index in [1.165, 1.54) is 0 Å². The maximum absolute atomic E-state index is 4.22. The molecule has 10 heavy (non-hydrogen) atoms. The Morgan fingerprint density at radius 1 is 1.30 bits per heavy atom. The van der Waals surface area contributed by atoms with Gasteiger partial charge < -0.3 is 0 Å². The summed E-state index contributed by atoms with van der Waals surface area (Å²) in [6.45, 7) is 6.38. The minimum Gasteiger partial charge on any atom is -0.285 e. The van der Waals surface area contributed by atoms with Crippen LogP contribution >= 0.6 is 0 Å². The van der Waals surface area contributed by atoms with E-state index in [9.17, 15) is 0 Å². The van der Waals surface area contributed by atoms with Gasteiger partial charge in [-0.05, 0) is 0 Å². The number of aliphatic imine (C=N–C) groups is 1. The Balaban J connectivity index is 2.60. The van der Waals surface area contributed by atoms with Crippen LogP contribution in [0.3, 0.4) is 0 Å². The summed E-state index contributed by atoms with van der Waals surface area (Å²) >= 11 is 0. The molecule has 0 amide bonds. The van der Waals surface area contributed by atoms with Crippen molar-refractivity contribution < 1.29 is 0 Å². The first-order valence-electron chi connectivity index (χ1n) is 3.41. The fraction of sp³-hybridized carbons (Fsp3) is 0.714. The minimum atomic E-state index is 0.123. The summed E-state index contributed by atoms with van der Waals surface area (Å²) in [5, 5.41) is 3.90. The average molecular weight is 139 g/mol. The lowest BCUT2D eigenvalue weighted by atomic mass is 9.93.